The number of carbonyl (C=O) groups is 1. The summed E-state index contributed by atoms with van der Waals surface area (Å²) in [7, 11) is 1.41. The highest BCUT2D eigenvalue weighted by Gasteiger charge is 2.21. The average molecular weight is 403 g/mol. The Morgan fingerprint density at radius 3 is 2.73 bits per heavy atom. The molecular weight excluding hydrogens is 386 g/mol. The van der Waals surface area contributed by atoms with Gasteiger partial charge in [-0.25, -0.2) is 9.67 Å². The monoisotopic (exact) mass is 403 g/mol. The number of rotatable bonds is 5. The minimum absolute atomic E-state index is 0.0711. The third kappa shape index (κ3) is 3.44. The van der Waals surface area contributed by atoms with Gasteiger partial charge in [0, 0.05) is 5.39 Å². The third-order valence-corrected chi connectivity index (χ3v) is 4.70. The van der Waals surface area contributed by atoms with E-state index in [1.54, 1.807) is 11.6 Å². The lowest BCUT2D eigenvalue weighted by Crippen LogP contribution is -2.14. The summed E-state index contributed by atoms with van der Waals surface area (Å²) in [6.07, 6.45) is 1.41. The van der Waals surface area contributed by atoms with Gasteiger partial charge in [0.1, 0.15) is 11.4 Å². The van der Waals surface area contributed by atoms with Crippen LogP contribution in [0.25, 0.3) is 16.7 Å². The fraction of sp³-hybridized carbons (Fsp3) is 0.0952. The molecule has 150 valence electrons. The van der Waals surface area contributed by atoms with Gasteiger partial charge in [-0.2, -0.15) is 5.10 Å². The number of methoxy groups -OCH3 is 1. The first-order valence-corrected chi connectivity index (χ1v) is 9.02. The van der Waals surface area contributed by atoms with E-state index in [1.807, 2.05) is 36.4 Å². The van der Waals surface area contributed by atoms with Crippen molar-refractivity contribution in [3.05, 3.63) is 82.2 Å². The van der Waals surface area contributed by atoms with Crippen LogP contribution < -0.4 is 10.1 Å². The molecule has 0 saturated carbocycles. The maximum atomic E-state index is 12.8. The van der Waals surface area contributed by atoms with E-state index < -0.39 is 10.8 Å². The van der Waals surface area contributed by atoms with Crippen molar-refractivity contribution in [1.82, 2.24) is 14.8 Å². The van der Waals surface area contributed by atoms with Gasteiger partial charge in [-0.15, -0.1) is 0 Å². The van der Waals surface area contributed by atoms with E-state index in [0.29, 0.717) is 17.3 Å². The Labute approximate surface area is 171 Å². The number of amides is 1. The number of nitro groups is 1. The predicted octanol–water partition coefficient (Wildman–Crippen LogP) is 3.90. The molecule has 0 unspecified atom stereocenters. The highest BCUT2D eigenvalue weighted by atomic mass is 16.6. The van der Waals surface area contributed by atoms with Gasteiger partial charge < -0.3 is 10.1 Å². The van der Waals surface area contributed by atoms with Gasteiger partial charge >= 0.3 is 0 Å². The number of carbonyl (C=O) groups excluding carboxylic acids is 1. The second-order valence-corrected chi connectivity index (χ2v) is 6.51. The minimum Gasteiger partial charge on any atom is -0.496 e. The number of fused-ring (bicyclic) bond motifs is 1. The molecule has 9 nitrogen and oxygen atoms in total. The number of nitrogens with one attached hydrogen (secondary N) is 1. The number of nitrogens with zero attached hydrogens (tertiary/aromatic N) is 4. The second kappa shape index (κ2) is 7.63. The topological polar surface area (TPSA) is 112 Å². The van der Waals surface area contributed by atoms with Crippen molar-refractivity contribution in [2.24, 2.45) is 0 Å². The van der Waals surface area contributed by atoms with Crippen LogP contribution >= 0.6 is 0 Å². The van der Waals surface area contributed by atoms with Gasteiger partial charge in [0.2, 0.25) is 0 Å². The molecule has 1 amide bonds. The van der Waals surface area contributed by atoms with Crippen LogP contribution in [0, 0.1) is 17.0 Å². The van der Waals surface area contributed by atoms with Crippen molar-refractivity contribution in [2.75, 3.05) is 12.4 Å². The molecule has 2 heterocycles. The molecule has 0 aliphatic carbocycles. The van der Waals surface area contributed by atoms with Crippen LogP contribution in [0.1, 0.15) is 16.1 Å². The Morgan fingerprint density at radius 1 is 1.17 bits per heavy atom. The molecule has 1 N–H and O–H groups in total. The maximum absolute atomic E-state index is 12.8. The van der Waals surface area contributed by atoms with Crippen LogP contribution in [0.15, 0.2) is 60.8 Å². The standard InChI is InChI=1S/C21H17N5O4/c1-13-16(21(27)24-18-9-8-15(30-2)11-19(18)26(28)29)12-22-25(13)20-10-7-14-5-3-4-6-17(14)23-20/h3-12H,1-2H3,(H,24,27). The highest BCUT2D eigenvalue weighted by Crippen LogP contribution is 2.29. The van der Waals surface area contributed by atoms with Crippen molar-refractivity contribution in [1.29, 1.82) is 0 Å². The Hall–Kier alpha value is -4.27. The van der Waals surface area contributed by atoms with Gasteiger partial charge in [-0.05, 0) is 37.3 Å². The fourth-order valence-electron chi connectivity index (χ4n) is 3.12. The zero-order valence-electron chi connectivity index (χ0n) is 16.2. The number of nitro benzene ring substituents is 1. The average Bonchev–Trinajstić information content (AvgIpc) is 3.15. The molecule has 2 aromatic heterocycles. The molecule has 4 rings (SSSR count). The predicted molar refractivity (Wildman–Crippen MR) is 111 cm³/mol. The Morgan fingerprint density at radius 2 is 1.97 bits per heavy atom. The summed E-state index contributed by atoms with van der Waals surface area (Å²) in [6, 6.07) is 15.7. The Bertz CT molecular complexity index is 1280. The SMILES string of the molecule is COc1ccc(NC(=O)c2cnn(-c3ccc4ccccc4n3)c2C)c([N+](=O)[O-])c1. The Kier molecular flexibility index (Phi) is 4.85. The molecule has 0 atom stereocenters. The van der Waals surface area contributed by atoms with Crippen molar-refractivity contribution in [3.63, 3.8) is 0 Å². The summed E-state index contributed by atoms with van der Waals surface area (Å²) in [5, 5.41) is 19.2. The van der Waals surface area contributed by atoms with Crippen molar-refractivity contribution >= 4 is 28.2 Å². The number of anilines is 1. The van der Waals surface area contributed by atoms with Crippen LogP contribution in [-0.2, 0) is 0 Å². The minimum atomic E-state index is -0.576. The molecule has 30 heavy (non-hydrogen) atoms. The zero-order chi connectivity index (χ0) is 21.3. The second-order valence-electron chi connectivity index (χ2n) is 6.51. The molecule has 2 aromatic carbocycles. The number of aromatic nitrogens is 3. The molecule has 0 aliphatic rings. The fourth-order valence-corrected chi connectivity index (χ4v) is 3.12. The molecule has 0 fully saturated rings. The largest absolute Gasteiger partial charge is 0.496 e. The first kappa shape index (κ1) is 19.1. The number of hydrogen-bond donors (Lipinski definition) is 1. The van der Waals surface area contributed by atoms with E-state index in [1.165, 1.54) is 31.5 Å². The number of ether oxygens (including phenoxy) is 1. The molecule has 9 heteroatoms. The molecule has 0 bridgehead atoms. The normalized spacial score (nSPS) is 10.7. The highest BCUT2D eigenvalue weighted by molar-refractivity contribution is 6.06. The molecule has 0 aliphatic heterocycles. The number of pyridine rings is 1. The lowest BCUT2D eigenvalue weighted by Gasteiger charge is -2.08. The van der Waals surface area contributed by atoms with E-state index in [4.69, 9.17) is 4.74 Å². The van der Waals surface area contributed by atoms with E-state index in [0.717, 1.165) is 10.9 Å². The molecule has 0 saturated heterocycles. The van der Waals surface area contributed by atoms with Gasteiger partial charge in [0.05, 0.1) is 41.1 Å². The number of benzene rings is 2. The number of para-hydroxylation sites is 1. The van der Waals surface area contributed by atoms with Crippen molar-refractivity contribution < 1.29 is 14.5 Å². The first-order valence-electron chi connectivity index (χ1n) is 9.02. The van der Waals surface area contributed by atoms with Crippen LogP contribution in [0.2, 0.25) is 0 Å². The van der Waals surface area contributed by atoms with E-state index in [9.17, 15) is 14.9 Å². The summed E-state index contributed by atoms with van der Waals surface area (Å²) in [6.45, 7) is 1.74. The van der Waals surface area contributed by atoms with Crippen molar-refractivity contribution in [2.45, 2.75) is 6.92 Å². The van der Waals surface area contributed by atoms with Crippen LogP contribution in [0.4, 0.5) is 11.4 Å². The Balaban J connectivity index is 1.65. The number of hydrogen-bond acceptors (Lipinski definition) is 6. The molecular formula is C21H17N5O4. The summed E-state index contributed by atoms with van der Waals surface area (Å²) in [4.78, 5) is 28.1. The van der Waals surface area contributed by atoms with E-state index in [-0.39, 0.29) is 16.9 Å². The maximum Gasteiger partial charge on any atom is 0.296 e. The summed E-state index contributed by atoms with van der Waals surface area (Å²) in [5.41, 5.74) is 1.47. The first-order chi connectivity index (χ1) is 14.5. The van der Waals surface area contributed by atoms with Gasteiger partial charge in [0.15, 0.2) is 5.82 Å². The van der Waals surface area contributed by atoms with Gasteiger partial charge in [0.25, 0.3) is 11.6 Å². The summed E-state index contributed by atoms with van der Waals surface area (Å²) < 4.78 is 6.57. The molecule has 0 radical (unpaired) electrons. The lowest BCUT2D eigenvalue weighted by molar-refractivity contribution is -0.384. The van der Waals surface area contributed by atoms with Crippen LogP contribution in [-0.4, -0.2) is 32.7 Å². The smallest absolute Gasteiger partial charge is 0.296 e. The summed E-state index contributed by atoms with van der Waals surface area (Å²) in [5.74, 6) is 0.388. The van der Waals surface area contributed by atoms with E-state index in [2.05, 4.69) is 15.4 Å². The lowest BCUT2D eigenvalue weighted by atomic mass is 10.2. The molecule has 0 spiro atoms. The summed E-state index contributed by atoms with van der Waals surface area (Å²) >= 11 is 0. The van der Waals surface area contributed by atoms with E-state index >= 15 is 0 Å². The zero-order valence-corrected chi connectivity index (χ0v) is 16.2. The van der Waals surface area contributed by atoms with Crippen LogP contribution in [0.5, 0.6) is 5.75 Å². The van der Waals surface area contributed by atoms with Crippen LogP contribution in [0.3, 0.4) is 0 Å². The third-order valence-electron chi connectivity index (χ3n) is 4.70. The van der Waals surface area contributed by atoms with Gasteiger partial charge in [-0.3, -0.25) is 14.9 Å². The quantitative estimate of drug-likeness (QED) is 0.399. The van der Waals surface area contributed by atoms with Gasteiger partial charge in [-0.1, -0.05) is 18.2 Å². The molecule has 4 aromatic rings. The van der Waals surface area contributed by atoms with Crippen molar-refractivity contribution in [3.8, 4) is 11.6 Å².